The maximum atomic E-state index is 13.7. The van der Waals surface area contributed by atoms with Crippen molar-refractivity contribution in [1.29, 1.82) is 0 Å². The molecule has 1 aromatic heterocycles. The van der Waals surface area contributed by atoms with Crippen LogP contribution in [0.1, 0.15) is 18.4 Å². The summed E-state index contributed by atoms with van der Waals surface area (Å²) in [6.45, 7) is 7.45. The Kier molecular flexibility index (Phi) is 6.78. The molecule has 2 unspecified atom stereocenters. The van der Waals surface area contributed by atoms with Crippen LogP contribution in [-0.4, -0.2) is 61.4 Å². The van der Waals surface area contributed by atoms with Crippen molar-refractivity contribution in [2.75, 3.05) is 51.9 Å². The van der Waals surface area contributed by atoms with Gasteiger partial charge in [0.25, 0.3) is 0 Å². The molecule has 7 nitrogen and oxygen atoms in total. The SMILES string of the molecule is COc1cc2ncnc(Nc3ccc(F)c(C)c3)c2cc1OCCCN1CC2CCOCC2C1. The second-order valence-electron chi connectivity index (χ2n) is 9.18. The number of hydrogen-bond donors (Lipinski definition) is 1. The van der Waals surface area contributed by atoms with Gasteiger partial charge in [-0.3, -0.25) is 0 Å². The Labute approximate surface area is 199 Å². The van der Waals surface area contributed by atoms with E-state index < -0.39 is 0 Å². The molecule has 2 aromatic carbocycles. The molecule has 2 atom stereocenters. The van der Waals surface area contributed by atoms with E-state index in [2.05, 4.69) is 20.2 Å². The number of nitrogens with zero attached hydrogens (tertiary/aromatic N) is 3. The van der Waals surface area contributed by atoms with Gasteiger partial charge in [-0.25, -0.2) is 14.4 Å². The lowest BCUT2D eigenvalue weighted by Gasteiger charge is -2.23. The molecule has 0 spiro atoms. The fourth-order valence-electron chi connectivity index (χ4n) is 4.97. The number of aromatic nitrogens is 2. The van der Waals surface area contributed by atoms with E-state index in [1.807, 2.05) is 12.1 Å². The number of likely N-dealkylation sites (tertiary alicyclic amines) is 1. The van der Waals surface area contributed by atoms with Gasteiger partial charge in [0, 0.05) is 43.4 Å². The molecule has 0 saturated carbocycles. The van der Waals surface area contributed by atoms with Crippen molar-refractivity contribution >= 4 is 22.4 Å². The zero-order valence-corrected chi connectivity index (χ0v) is 19.7. The highest BCUT2D eigenvalue weighted by Gasteiger charge is 2.34. The molecule has 3 heterocycles. The predicted octanol–water partition coefficient (Wildman–Crippen LogP) is 4.57. The van der Waals surface area contributed by atoms with Crippen molar-refractivity contribution in [2.45, 2.75) is 19.8 Å². The molecule has 2 saturated heterocycles. The molecule has 2 aliphatic heterocycles. The van der Waals surface area contributed by atoms with E-state index in [4.69, 9.17) is 14.2 Å². The molecule has 0 amide bonds. The minimum Gasteiger partial charge on any atom is -0.493 e. The number of benzene rings is 2. The molecular formula is C26H31FN4O3. The van der Waals surface area contributed by atoms with Crippen molar-refractivity contribution in [2.24, 2.45) is 11.8 Å². The molecule has 1 N–H and O–H groups in total. The Balaban J connectivity index is 1.27. The van der Waals surface area contributed by atoms with Crippen molar-refractivity contribution in [3.63, 3.8) is 0 Å². The quantitative estimate of drug-likeness (QED) is 0.488. The molecule has 5 rings (SSSR count). The molecule has 3 aromatic rings. The largest absolute Gasteiger partial charge is 0.493 e. The van der Waals surface area contributed by atoms with Crippen LogP contribution < -0.4 is 14.8 Å². The van der Waals surface area contributed by atoms with E-state index in [0.29, 0.717) is 35.4 Å². The predicted molar refractivity (Wildman–Crippen MR) is 129 cm³/mol. The maximum Gasteiger partial charge on any atom is 0.162 e. The number of rotatable bonds is 8. The third kappa shape index (κ3) is 4.93. The van der Waals surface area contributed by atoms with E-state index >= 15 is 0 Å². The van der Waals surface area contributed by atoms with Crippen molar-refractivity contribution in [1.82, 2.24) is 14.9 Å². The highest BCUT2D eigenvalue weighted by Crippen LogP contribution is 2.35. The van der Waals surface area contributed by atoms with Gasteiger partial charge in [0.15, 0.2) is 11.5 Å². The topological polar surface area (TPSA) is 68.7 Å². The van der Waals surface area contributed by atoms with Gasteiger partial charge in [-0.05, 0) is 61.4 Å². The van der Waals surface area contributed by atoms with E-state index in [-0.39, 0.29) is 5.82 Å². The summed E-state index contributed by atoms with van der Waals surface area (Å²) in [5.41, 5.74) is 2.06. The normalized spacial score (nSPS) is 20.3. The van der Waals surface area contributed by atoms with Gasteiger partial charge in [0.1, 0.15) is 18.0 Å². The minimum absolute atomic E-state index is 0.237. The van der Waals surface area contributed by atoms with Crippen molar-refractivity contribution in [3.8, 4) is 11.5 Å². The average Bonchev–Trinajstić information content (AvgIpc) is 3.27. The smallest absolute Gasteiger partial charge is 0.162 e. The number of nitrogens with one attached hydrogen (secondary N) is 1. The number of fused-ring (bicyclic) bond motifs is 2. The Morgan fingerprint density at radius 2 is 2.03 bits per heavy atom. The monoisotopic (exact) mass is 466 g/mol. The standard InChI is InChI=1S/C26H31FN4O3/c1-17-10-20(4-5-22(17)27)30-26-21-11-25(24(32-2)12-23(21)28-16-29-26)34-8-3-7-31-13-18-6-9-33-15-19(18)14-31/h4-5,10-12,16,18-19H,3,6-9,13-15H2,1-2H3,(H,28,29,30). The summed E-state index contributed by atoms with van der Waals surface area (Å²) in [5, 5.41) is 4.09. The number of methoxy groups -OCH3 is 1. The van der Waals surface area contributed by atoms with Crippen LogP contribution >= 0.6 is 0 Å². The van der Waals surface area contributed by atoms with Gasteiger partial charge >= 0.3 is 0 Å². The molecule has 34 heavy (non-hydrogen) atoms. The van der Waals surface area contributed by atoms with Crippen LogP contribution in [0.4, 0.5) is 15.9 Å². The number of aryl methyl sites for hydroxylation is 1. The first-order chi connectivity index (χ1) is 16.6. The van der Waals surface area contributed by atoms with Gasteiger partial charge in [0.2, 0.25) is 0 Å². The van der Waals surface area contributed by atoms with E-state index in [9.17, 15) is 4.39 Å². The van der Waals surface area contributed by atoms with Gasteiger partial charge in [-0.15, -0.1) is 0 Å². The molecule has 180 valence electrons. The first kappa shape index (κ1) is 22.8. The third-order valence-corrected chi connectivity index (χ3v) is 6.83. The molecule has 0 bridgehead atoms. The number of halogens is 1. The second kappa shape index (κ2) is 10.1. The Hall–Kier alpha value is -2.97. The summed E-state index contributed by atoms with van der Waals surface area (Å²) in [4.78, 5) is 11.3. The average molecular weight is 467 g/mol. The van der Waals surface area contributed by atoms with Gasteiger partial charge in [-0.1, -0.05) is 0 Å². The summed E-state index contributed by atoms with van der Waals surface area (Å²) < 4.78 is 31.0. The fraction of sp³-hybridized carbons (Fsp3) is 0.462. The molecular weight excluding hydrogens is 435 g/mol. The highest BCUT2D eigenvalue weighted by molar-refractivity contribution is 5.93. The van der Waals surface area contributed by atoms with Crippen LogP contribution in [-0.2, 0) is 4.74 Å². The van der Waals surface area contributed by atoms with E-state index in [1.165, 1.54) is 25.4 Å². The number of anilines is 2. The van der Waals surface area contributed by atoms with E-state index in [1.54, 1.807) is 26.2 Å². The van der Waals surface area contributed by atoms with Gasteiger partial charge in [0.05, 0.1) is 25.8 Å². The second-order valence-corrected chi connectivity index (χ2v) is 9.18. The zero-order chi connectivity index (χ0) is 23.5. The molecule has 8 heteroatoms. The van der Waals surface area contributed by atoms with Crippen LogP contribution in [0.3, 0.4) is 0 Å². The molecule has 2 aliphatic rings. The third-order valence-electron chi connectivity index (χ3n) is 6.83. The van der Waals surface area contributed by atoms with Gasteiger partial charge < -0.3 is 24.4 Å². The zero-order valence-electron chi connectivity index (χ0n) is 19.7. The van der Waals surface area contributed by atoms with Crippen LogP contribution in [0.15, 0.2) is 36.7 Å². The summed E-state index contributed by atoms with van der Waals surface area (Å²) >= 11 is 0. The summed E-state index contributed by atoms with van der Waals surface area (Å²) in [6.07, 6.45) is 3.62. The van der Waals surface area contributed by atoms with Crippen LogP contribution in [0.2, 0.25) is 0 Å². The molecule has 0 aliphatic carbocycles. The van der Waals surface area contributed by atoms with Crippen molar-refractivity contribution < 1.29 is 18.6 Å². The lowest BCUT2D eigenvalue weighted by atomic mass is 9.92. The van der Waals surface area contributed by atoms with Crippen molar-refractivity contribution in [3.05, 3.63) is 48.0 Å². The van der Waals surface area contributed by atoms with E-state index in [0.717, 1.165) is 55.2 Å². The van der Waals surface area contributed by atoms with Gasteiger partial charge in [-0.2, -0.15) is 0 Å². The minimum atomic E-state index is -0.237. The fourth-order valence-corrected chi connectivity index (χ4v) is 4.97. The Morgan fingerprint density at radius 1 is 1.15 bits per heavy atom. The Morgan fingerprint density at radius 3 is 2.85 bits per heavy atom. The van der Waals surface area contributed by atoms with Crippen LogP contribution in [0.25, 0.3) is 10.9 Å². The summed E-state index contributed by atoms with van der Waals surface area (Å²) in [7, 11) is 1.63. The van der Waals surface area contributed by atoms with Crippen LogP contribution in [0, 0.1) is 24.6 Å². The first-order valence-corrected chi connectivity index (χ1v) is 11.9. The lowest BCUT2D eigenvalue weighted by molar-refractivity contribution is 0.0370. The summed E-state index contributed by atoms with van der Waals surface area (Å²) in [5.74, 6) is 3.16. The molecule has 0 radical (unpaired) electrons. The summed E-state index contributed by atoms with van der Waals surface area (Å²) in [6, 6.07) is 8.66. The first-order valence-electron chi connectivity index (χ1n) is 11.9. The lowest BCUT2D eigenvalue weighted by Crippen LogP contribution is -2.25. The number of hydrogen-bond acceptors (Lipinski definition) is 7. The maximum absolute atomic E-state index is 13.7. The number of ether oxygens (including phenoxy) is 3. The highest BCUT2D eigenvalue weighted by atomic mass is 19.1. The molecule has 2 fully saturated rings. The van der Waals surface area contributed by atoms with Crippen LogP contribution in [0.5, 0.6) is 11.5 Å². The Bertz CT molecular complexity index is 1140.